The topological polar surface area (TPSA) is 82.2 Å². The van der Waals surface area contributed by atoms with E-state index in [0.717, 1.165) is 0 Å². The van der Waals surface area contributed by atoms with Crippen molar-refractivity contribution in [3.05, 3.63) is 22.2 Å². The summed E-state index contributed by atoms with van der Waals surface area (Å²) in [6.07, 6.45) is 0.707. The highest BCUT2D eigenvalue weighted by molar-refractivity contribution is 6.37. The third-order valence-corrected chi connectivity index (χ3v) is 3.70. The minimum atomic E-state index is -0.193. The molecule has 1 rings (SSSR count). The van der Waals surface area contributed by atoms with Crippen LogP contribution in [0.5, 0.6) is 0 Å². The Morgan fingerprint density at radius 2 is 2.19 bits per heavy atom. The fraction of sp³-hybridized carbons (Fsp3) is 0.429. The molecule has 1 atom stereocenters. The van der Waals surface area contributed by atoms with Gasteiger partial charge in [0.1, 0.15) is 0 Å². The molecule has 1 unspecified atom stereocenters. The van der Waals surface area contributed by atoms with Crippen LogP contribution in [0.2, 0.25) is 10.0 Å². The van der Waals surface area contributed by atoms with Gasteiger partial charge in [0.15, 0.2) is 0 Å². The Morgan fingerprint density at radius 3 is 2.76 bits per heavy atom. The van der Waals surface area contributed by atoms with Gasteiger partial charge in [-0.3, -0.25) is 4.79 Å². The first-order valence-corrected chi connectivity index (χ1v) is 7.22. The van der Waals surface area contributed by atoms with Crippen molar-refractivity contribution < 1.29 is 4.79 Å². The number of anilines is 2. The molecular formula is C14H18Cl2N4O. The van der Waals surface area contributed by atoms with E-state index in [1.165, 1.54) is 12.1 Å². The predicted molar refractivity (Wildman–Crippen MR) is 86.4 cm³/mol. The van der Waals surface area contributed by atoms with Crippen molar-refractivity contribution in [2.75, 3.05) is 24.6 Å². The number of benzene rings is 1. The maximum absolute atomic E-state index is 11.9. The van der Waals surface area contributed by atoms with Crippen LogP contribution in [0.1, 0.15) is 19.8 Å². The van der Waals surface area contributed by atoms with Crippen LogP contribution in [0.25, 0.3) is 0 Å². The van der Waals surface area contributed by atoms with Gasteiger partial charge >= 0.3 is 0 Å². The zero-order valence-electron chi connectivity index (χ0n) is 12.0. The lowest BCUT2D eigenvalue weighted by atomic mass is 10.2. The molecule has 0 aromatic heterocycles. The fourth-order valence-corrected chi connectivity index (χ4v) is 2.27. The Labute approximate surface area is 134 Å². The van der Waals surface area contributed by atoms with E-state index in [0.29, 0.717) is 34.4 Å². The average Bonchev–Trinajstić information content (AvgIpc) is 2.40. The molecule has 0 fully saturated rings. The molecule has 0 saturated heterocycles. The number of rotatable bonds is 6. The number of nitrogens with one attached hydrogen (secondary N) is 1. The van der Waals surface area contributed by atoms with Gasteiger partial charge in [-0.1, -0.05) is 23.2 Å². The van der Waals surface area contributed by atoms with E-state index < -0.39 is 0 Å². The minimum Gasteiger partial charge on any atom is -0.397 e. The van der Waals surface area contributed by atoms with Gasteiger partial charge in [-0.2, -0.15) is 5.26 Å². The first-order chi connectivity index (χ1) is 9.85. The number of carbonyl (C=O) groups is 1. The molecule has 21 heavy (non-hydrogen) atoms. The van der Waals surface area contributed by atoms with Crippen LogP contribution >= 0.6 is 23.2 Å². The van der Waals surface area contributed by atoms with Crippen LogP contribution < -0.4 is 11.1 Å². The van der Waals surface area contributed by atoms with Crippen LogP contribution in [-0.2, 0) is 4.79 Å². The molecule has 0 spiro atoms. The molecule has 0 bridgehead atoms. The van der Waals surface area contributed by atoms with Crippen molar-refractivity contribution >= 4 is 40.5 Å². The summed E-state index contributed by atoms with van der Waals surface area (Å²) in [5, 5.41) is 12.1. The van der Waals surface area contributed by atoms with Gasteiger partial charge in [-0.05, 0) is 26.1 Å². The SMILES string of the molecule is CC(CC#N)N(C)CCC(=O)Nc1c(N)cc(Cl)cc1Cl. The first kappa shape index (κ1) is 17.6. The Morgan fingerprint density at radius 1 is 1.52 bits per heavy atom. The molecule has 0 aliphatic carbocycles. The van der Waals surface area contributed by atoms with Crippen molar-refractivity contribution in [2.45, 2.75) is 25.8 Å². The van der Waals surface area contributed by atoms with Crippen LogP contribution in [0.3, 0.4) is 0 Å². The number of nitrogens with zero attached hydrogens (tertiary/aromatic N) is 2. The van der Waals surface area contributed by atoms with E-state index in [2.05, 4.69) is 11.4 Å². The number of nitrogens with two attached hydrogens (primary N) is 1. The zero-order valence-corrected chi connectivity index (χ0v) is 13.5. The second kappa shape index (κ2) is 8.08. The standard InChI is InChI=1S/C14H18Cl2N4O/c1-9(3-5-17)20(2)6-4-13(21)19-14-11(16)7-10(15)8-12(14)18/h7-9H,3-4,6,18H2,1-2H3,(H,19,21). The van der Waals surface area contributed by atoms with Crippen molar-refractivity contribution in [1.82, 2.24) is 4.90 Å². The number of hydrogen-bond donors (Lipinski definition) is 2. The first-order valence-electron chi connectivity index (χ1n) is 6.46. The number of amides is 1. The molecule has 3 N–H and O–H groups in total. The third-order valence-electron chi connectivity index (χ3n) is 3.18. The summed E-state index contributed by atoms with van der Waals surface area (Å²) in [5.74, 6) is -0.193. The minimum absolute atomic E-state index is 0.104. The molecule has 0 aliphatic heterocycles. The quantitative estimate of drug-likeness (QED) is 0.786. The summed E-state index contributed by atoms with van der Waals surface area (Å²) in [4.78, 5) is 13.9. The summed E-state index contributed by atoms with van der Waals surface area (Å²) < 4.78 is 0. The van der Waals surface area contributed by atoms with E-state index in [1.807, 2.05) is 18.9 Å². The summed E-state index contributed by atoms with van der Waals surface area (Å²) in [6.45, 7) is 2.48. The smallest absolute Gasteiger partial charge is 0.225 e. The van der Waals surface area contributed by atoms with E-state index in [-0.39, 0.29) is 18.4 Å². The lowest BCUT2D eigenvalue weighted by Crippen LogP contribution is -2.31. The third kappa shape index (κ3) is 5.43. The van der Waals surface area contributed by atoms with Gasteiger partial charge in [-0.15, -0.1) is 0 Å². The molecule has 7 heteroatoms. The molecule has 114 valence electrons. The molecule has 0 heterocycles. The number of nitriles is 1. The molecule has 0 aliphatic rings. The van der Waals surface area contributed by atoms with Crippen molar-refractivity contribution in [3.8, 4) is 6.07 Å². The Hall–Kier alpha value is -1.48. The van der Waals surface area contributed by atoms with Gasteiger partial charge in [-0.25, -0.2) is 0 Å². The second-order valence-electron chi connectivity index (χ2n) is 4.84. The van der Waals surface area contributed by atoms with E-state index >= 15 is 0 Å². The normalized spacial score (nSPS) is 12.0. The van der Waals surface area contributed by atoms with E-state index in [4.69, 9.17) is 34.2 Å². The number of halogens is 2. The number of nitrogen functional groups attached to an aromatic ring is 1. The molecule has 5 nitrogen and oxygen atoms in total. The second-order valence-corrected chi connectivity index (χ2v) is 5.69. The molecule has 0 saturated carbocycles. The van der Waals surface area contributed by atoms with Crippen molar-refractivity contribution in [3.63, 3.8) is 0 Å². The zero-order chi connectivity index (χ0) is 16.0. The van der Waals surface area contributed by atoms with Gasteiger partial charge in [0.2, 0.25) is 5.91 Å². The maximum atomic E-state index is 11.9. The predicted octanol–water partition coefficient (Wildman–Crippen LogP) is 3.14. The summed E-state index contributed by atoms with van der Waals surface area (Å²) in [6, 6.07) is 5.27. The number of carbonyl (C=O) groups excluding carboxylic acids is 1. The molecular weight excluding hydrogens is 311 g/mol. The van der Waals surface area contributed by atoms with Gasteiger partial charge in [0.25, 0.3) is 0 Å². The Balaban J connectivity index is 2.57. The summed E-state index contributed by atoms with van der Waals surface area (Å²) in [5.41, 5.74) is 6.48. The van der Waals surface area contributed by atoms with Crippen LogP contribution in [0.4, 0.5) is 11.4 Å². The van der Waals surface area contributed by atoms with Gasteiger partial charge in [0, 0.05) is 24.0 Å². The lowest BCUT2D eigenvalue weighted by Gasteiger charge is -2.22. The van der Waals surface area contributed by atoms with E-state index in [1.54, 1.807) is 0 Å². The monoisotopic (exact) mass is 328 g/mol. The van der Waals surface area contributed by atoms with Crippen LogP contribution in [-0.4, -0.2) is 30.4 Å². The van der Waals surface area contributed by atoms with E-state index in [9.17, 15) is 4.79 Å². The van der Waals surface area contributed by atoms with Crippen molar-refractivity contribution in [1.29, 1.82) is 5.26 Å². The largest absolute Gasteiger partial charge is 0.397 e. The molecule has 1 amide bonds. The average molecular weight is 329 g/mol. The Bertz CT molecular complexity index is 533. The highest BCUT2D eigenvalue weighted by Gasteiger charge is 2.13. The Kier molecular flexibility index (Phi) is 6.76. The molecule has 1 aromatic rings. The van der Waals surface area contributed by atoms with Crippen LogP contribution in [0, 0.1) is 11.3 Å². The van der Waals surface area contributed by atoms with Gasteiger partial charge in [0.05, 0.1) is 28.9 Å². The highest BCUT2D eigenvalue weighted by Crippen LogP contribution is 2.32. The van der Waals surface area contributed by atoms with Crippen molar-refractivity contribution in [2.24, 2.45) is 0 Å². The highest BCUT2D eigenvalue weighted by atomic mass is 35.5. The lowest BCUT2D eigenvalue weighted by molar-refractivity contribution is -0.116. The molecule has 1 aromatic carbocycles. The maximum Gasteiger partial charge on any atom is 0.225 e. The fourth-order valence-electron chi connectivity index (χ4n) is 1.71. The molecule has 0 radical (unpaired) electrons. The van der Waals surface area contributed by atoms with Crippen LogP contribution in [0.15, 0.2) is 12.1 Å². The summed E-state index contributed by atoms with van der Waals surface area (Å²) in [7, 11) is 1.87. The summed E-state index contributed by atoms with van der Waals surface area (Å²) >= 11 is 11.8. The van der Waals surface area contributed by atoms with Gasteiger partial charge < -0.3 is 16.0 Å². The number of hydrogen-bond acceptors (Lipinski definition) is 4.